The summed E-state index contributed by atoms with van der Waals surface area (Å²) in [7, 11) is 2.02. The molecule has 1 saturated carbocycles. The molecular weight excluding hydrogens is 278 g/mol. The van der Waals surface area contributed by atoms with Gasteiger partial charge < -0.3 is 14.6 Å². The first-order valence-corrected chi connectivity index (χ1v) is 7.42. The number of rotatable bonds is 4. The molecule has 1 N–H and O–H groups in total. The fourth-order valence-electron chi connectivity index (χ4n) is 3.17. The van der Waals surface area contributed by atoms with Gasteiger partial charge in [0.05, 0.1) is 10.6 Å². The Labute approximate surface area is 124 Å². The summed E-state index contributed by atoms with van der Waals surface area (Å²) < 4.78 is 10.7. The summed E-state index contributed by atoms with van der Waals surface area (Å²) in [4.78, 5) is 2.14. The molecule has 5 heteroatoms. The van der Waals surface area contributed by atoms with Crippen LogP contribution in [0.3, 0.4) is 0 Å². The lowest BCUT2D eigenvalue weighted by Crippen LogP contribution is -2.38. The van der Waals surface area contributed by atoms with Crippen LogP contribution in [0.2, 0.25) is 5.02 Å². The van der Waals surface area contributed by atoms with Gasteiger partial charge in [-0.25, -0.2) is 0 Å². The third-order valence-corrected chi connectivity index (χ3v) is 4.32. The van der Waals surface area contributed by atoms with E-state index in [-0.39, 0.29) is 6.79 Å². The fourth-order valence-corrected chi connectivity index (χ4v) is 3.46. The van der Waals surface area contributed by atoms with Gasteiger partial charge in [-0.3, -0.25) is 4.90 Å². The molecule has 0 amide bonds. The topological polar surface area (TPSA) is 41.9 Å². The van der Waals surface area contributed by atoms with Crippen molar-refractivity contribution in [2.75, 3.05) is 20.4 Å². The molecule has 1 heterocycles. The van der Waals surface area contributed by atoms with Crippen molar-refractivity contribution in [3.05, 3.63) is 22.7 Å². The molecule has 0 bridgehead atoms. The van der Waals surface area contributed by atoms with Crippen molar-refractivity contribution < 1.29 is 14.6 Å². The number of nitrogens with zero attached hydrogens (tertiary/aromatic N) is 1. The smallest absolute Gasteiger partial charge is 0.231 e. The lowest BCUT2D eigenvalue weighted by Gasteiger charge is -2.28. The molecule has 1 fully saturated rings. The highest BCUT2D eigenvalue weighted by atomic mass is 35.5. The van der Waals surface area contributed by atoms with E-state index < -0.39 is 5.60 Å². The molecule has 4 nitrogen and oxygen atoms in total. The quantitative estimate of drug-likeness (QED) is 0.928. The molecule has 1 aliphatic heterocycles. The zero-order valence-electron chi connectivity index (χ0n) is 11.7. The molecule has 1 aliphatic carbocycles. The van der Waals surface area contributed by atoms with E-state index in [1.165, 1.54) is 0 Å². The first kappa shape index (κ1) is 14.0. The molecule has 1 aromatic rings. The second-order valence-electron chi connectivity index (χ2n) is 5.92. The molecule has 0 radical (unpaired) electrons. The first-order valence-electron chi connectivity index (χ1n) is 7.05. The van der Waals surface area contributed by atoms with Crippen LogP contribution in [0.15, 0.2) is 12.1 Å². The van der Waals surface area contributed by atoms with Crippen LogP contribution in [0, 0.1) is 0 Å². The Bertz CT molecular complexity index is 500. The van der Waals surface area contributed by atoms with Gasteiger partial charge >= 0.3 is 0 Å². The van der Waals surface area contributed by atoms with Gasteiger partial charge in [-0.2, -0.15) is 0 Å². The lowest BCUT2D eigenvalue weighted by molar-refractivity contribution is 0.0145. The number of hydrogen-bond acceptors (Lipinski definition) is 4. The molecule has 0 unspecified atom stereocenters. The summed E-state index contributed by atoms with van der Waals surface area (Å²) in [5.41, 5.74) is 0.554. The zero-order chi connectivity index (χ0) is 14.2. The van der Waals surface area contributed by atoms with Crippen LogP contribution >= 0.6 is 11.6 Å². The Hall–Kier alpha value is -0.970. The van der Waals surface area contributed by atoms with E-state index in [0.717, 1.165) is 37.8 Å². The van der Waals surface area contributed by atoms with Gasteiger partial charge in [0.2, 0.25) is 6.79 Å². The molecule has 1 aromatic carbocycles. The molecule has 110 valence electrons. The molecule has 2 aliphatic rings. The third-order valence-electron chi connectivity index (χ3n) is 4.04. The molecule has 0 aromatic heterocycles. The normalized spacial score (nSPS) is 19.8. The molecule has 20 heavy (non-hydrogen) atoms. The zero-order valence-corrected chi connectivity index (χ0v) is 12.4. The van der Waals surface area contributed by atoms with Crippen molar-refractivity contribution in [3.63, 3.8) is 0 Å². The van der Waals surface area contributed by atoms with Gasteiger partial charge in [0.15, 0.2) is 11.5 Å². The minimum Gasteiger partial charge on any atom is -0.454 e. The summed E-state index contributed by atoms with van der Waals surface area (Å²) >= 11 is 6.18. The summed E-state index contributed by atoms with van der Waals surface area (Å²) in [5, 5.41) is 11.0. The summed E-state index contributed by atoms with van der Waals surface area (Å²) in [6, 6.07) is 3.87. The van der Waals surface area contributed by atoms with Crippen LogP contribution in [0.1, 0.15) is 31.2 Å². The van der Waals surface area contributed by atoms with Crippen molar-refractivity contribution in [2.45, 2.75) is 37.8 Å². The lowest BCUT2D eigenvalue weighted by atomic mass is 10.0. The fraction of sp³-hybridized carbons (Fsp3) is 0.600. The number of fused-ring (bicyclic) bond motifs is 1. The molecular formula is C15H20ClNO3. The highest BCUT2D eigenvalue weighted by Gasteiger charge is 2.32. The maximum atomic E-state index is 10.4. The average molecular weight is 298 g/mol. The van der Waals surface area contributed by atoms with Crippen LogP contribution in [-0.4, -0.2) is 36.0 Å². The van der Waals surface area contributed by atoms with Crippen LogP contribution in [0.25, 0.3) is 0 Å². The van der Waals surface area contributed by atoms with E-state index in [9.17, 15) is 5.11 Å². The van der Waals surface area contributed by atoms with E-state index in [2.05, 4.69) is 4.90 Å². The Morgan fingerprint density at radius 3 is 2.80 bits per heavy atom. The van der Waals surface area contributed by atoms with Crippen molar-refractivity contribution in [1.82, 2.24) is 4.90 Å². The van der Waals surface area contributed by atoms with Crippen molar-refractivity contribution in [2.24, 2.45) is 0 Å². The summed E-state index contributed by atoms with van der Waals surface area (Å²) in [6.45, 7) is 1.66. The summed E-state index contributed by atoms with van der Waals surface area (Å²) in [5.74, 6) is 1.34. The Kier molecular flexibility index (Phi) is 3.80. The van der Waals surface area contributed by atoms with Gasteiger partial charge in [-0.15, -0.1) is 0 Å². The number of benzene rings is 1. The SMILES string of the molecule is CN(Cc1cc(Cl)c2c(c1)OCO2)CC1(O)CCCC1. The number of hydrogen-bond donors (Lipinski definition) is 1. The Morgan fingerprint density at radius 1 is 1.30 bits per heavy atom. The van der Waals surface area contributed by atoms with E-state index in [1.54, 1.807) is 0 Å². The predicted octanol–water partition coefficient (Wildman–Crippen LogP) is 2.81. The molecule has 0 spiro atoms. The number of ether oxygens (including phenoxy) is 2. The van der Waals surface area contributed by atoms with Gasteiger partial charge in [0.1, 0.15) is 0 Å². The van der Waals surface area contributed by atoms with Gasteiger partial charge in [0.25, 0.3) is 0 Å². The maximum Gasteiger partial charge on any atom is 0.231 e. The van der Waals surface area contributed by atoms with Crippen molar-refractivity contribution >= 4 is 11.6 Å². The first-order chi connectivity index (χ1) is 9.56. The van der Waals surface area contributed by atoms with Crippen LogP contribution < -0.4 is 9.47 Å². The maximum absolute atomic E-state index is 10.4. The Balaban J connectivity index is 1.67. The van der Waals surface area contributed by atoms with Gasteiger partial charge in [-0.05, 0) is 37.6 Å². The van der Waals surface area contributed by atoms with Gasteiger partial charge in [0, 0.05) is 13.1 Å². The number of halogens is 1. The standard InChI is InChI=1S/C15H20ClNO3/c1-17(9-15(18)4-2-3-5-15)8-11-6-12(16)14-13(7-11)19-10-20-14/h6-7,18H,2-5,8-10H2,1H3. The average Bonchev–Trinajstić information content (AvgIpc) is 2.98. The van der Waals surface area contributed by atoms with Crippen LogP contribution in [0.5, 0.6) is 11.5 Å². The molecule has 3 rings (SSSR count). The van der Waals surface area contributed by atoms with Gasteiger partial charge in [-0.1, -0.05) is 24.4 Å². The largest absolute Gasteiger partial charge is 0.454 e. The van der Waals surface area contributed by atoms with Crippen LogP contribution in [-0.2, 0) is 6.54 Å². The van der Waals surface area contributed by atoms with E-state index >= 15 is 0 Å². The Morgan fingerprint density at radius 2 is 2.05 bits per heavy atom. The van der Waals surface area contributed by atoms with Crippen molar-refractivity contribution in [3.8, 4) is 11.5 Å². The third kappa shape index (κ3) is 2.87. The second-order valence-corrected chi connectivity index (χ2v) is 6.32. The highest BCUT2D eigenvalue weighted by molar-refractivity contribution is 6.32. The number of likely N-dealkylation sites (N-methyl/N-ethyl adjacent to an activating group) is 1. The van der Waals surface area contributed by atoms with E-state index in [0.29, 0.717) is 23.1 Å². The molecule has 0 saturated heterocycles. The second kappa shape index (κ2) is 5.43. The van der Waals surface area contributed by atoms with Crippen molar-refractivity contribution in [1.29, 1.82) is 0 Å². The highest BCUT2D eigenvalue weighted by Crippen LogP contribution is 2.40. The monoisotopic (exact) mass is 297 g/mol. The number of aliphatic hydroxyl groups is 1. The minimum atomic E-state index is -0.519. The van der Waals surface area contributed by atoms with E-state index in [1.807, 2.05) is 19.2 Å². The minimum absolute atomic E-state index is 0.230. The summed E-state index contributed by atoms with van der Waals surface area (Å²) in [6.07, 6.45) is 4.05. The predicted molar refractivity (Wildman–Crippen MR) is 77.3 cm³/mol. The van der Waals surface area contributed by atoms with Crippen LogP contribution in [0.4, 0.5) is 0 Å². The van der Waals surface area contributed by atoms with E-state index in [4.69, 9.17) is 21.1 Å². The molecule has 0 atom stereocenters.